The Morgan fingerprint density at radius 2 is 2.27 bits per heavy atom. The van der Waals surface area contributed by atoms with Gasteiger partial charge in [0, 0.05) is 15.8 Å². The Balaban J connectivity index is 2.78. The molecule has 0 heterocycles. The number of nitrogens with one attached hydrogen (secondary N) is 1. The van der Waals surface area contributed by atoms with E-state index in [1.54, 1.807) is 18.2 Å². The normalized spacial score (nSPS) is 12.3. The number of hydrogen-bond acceptors (Lipinski definition) is 1. The van der Waals surface area contributed by atoms with E-state index in [2.05, 4.69) is 37.2 Å². The molecule has 0 fully saturated rings. The summed E-state index contributed by atoms with van der Waals surface area (Å²) in [5, 5.41) is 3.22. The summed E-state index contributed by atoms with van der Waals surface area (Å²) < 4.78 is 0.726. The first-order chi connectivity index (χ1) is 7.02. The molecule has 5 heteroatoms. The van der Waals surface area contributed by atoms with Gasteiger partial charge >= 0.3 is 0 Å². The van der Waals surface area contributed by atoms with E-state index in [9.17, 15) is 4.79 Å². The number of hydrogen-bond donors (Lipinski definition) is 1. The molecule has 1 unspecified atom stereocenters. The van der Waals surface area contributed by atoms with Gasteiger partial charge in [0.2, 0.25) is 0 Å². The summed E-state index contributed by atoms with van der Waals surface area (Å²) in [7, 11) is 0. The van der Waals surface area contributed by atoms with Crippen LogP contribution in [0.15, 0.2) is 22.7 Å². The first kappa shape index (κ1) is 13.0. The van der Waals surface area contributed by atoms with Crippen LogP contribution in [0.4, 0.5) is 0 Å². The lowest BCUT2D eigenvalue weighted by atomic mass is 10.2. The van der Waals surface area contributed by atoms with Crippen LogP contribution in [0.2, 0.25) is 5.02 Å². The molecule has 0 bridgehead atoms. The molecule has 0 aromatic heterocycles. The highest BCUT2D eigenvalue weighted by Crippen LogP contribution is 2.25. The molecule has 0 saturated carbocycles. The fourth-order valence-corrected chi connectivity index (χ4v) is 1.75. The third-order valence-electron chi connectivity index (χ3n) is 1.74. The van der Waals surface area contributed by atoms with Crippen molar-refractivity contribution in [3.63, 3.8) is 0 Å². The monoisotopic (exact) mass is 353 g/mol. The predicted octanol–water partition coefficient (Wildman–Crippen LogP) is 3.62. The van der Waals surface area contributed by atoms with Gasteiger partial charge in [-0.15, -0.1) is 0 Å². The average Bonchev–Trinajstić information content (AvgIpc) is 2.18. The van der Waals surface area contributed by atoms with E-state index < -0.39 is 0 Å². The van der Waals surface area contributed by atoms with Crippen molar-refractivity contribution in [1.29, 1.82) is 0 Å². The zero-order chi connectivity index (χ0) is 11.4. The van der Waals surface area contributed by atoms with Gasteiger partial charge in [-0.05, 0) is 28.1 Å². The van der Waals surface area contributed by atoms with Crippen LogP contribution in [0, 0.1) is 0 Å². The molecular weight excluding hydrogens is 345 g/mol. The number of carbonyl (C=O) groups excluding carboxylic acids is 1. The highest BCUT2D eigenvalue weighted by atomic mass is 79.9. The third-order valence-corrected chi connectivity index (χ3v) is 3.36. The zero-order valence-electron chi connectivity index (χ0n) is 8.06. The summed E-state index contributed by atoms with van der Waals surface area (Å²) in [5.74, 6) is -0.160. The quantitative estimate of drug-likeness (QED) is 0.825. The lowest BCUT2D eigenvalue weighted by molar-refractivity contribution is 0.0954. The first-order valence-corrected chi connectivity index (χ1v) is 6.47. The van der Waals surface area contributed by atoms with E-state index in [-0.39, 0.29) is 10.7 Å². The lowest BCUT2D eigenvalue weighted by Crippen LogP contribution is -2.28. The molecule has 0 spiro atoms. The molecule has 0 aliphatic rings. The van der Waals surface area contributed by atoms with E-state index in [4.69, 9.17) is 11.6 Å². The minimum Gasteiger partial charge on any atom is -0.351 e. The summed E-state index contributed by atoms with van der Waals surface area (Å²) in [6.07, 6.45) is 0. The maximum absolute atomic E-state index is 11.7. The lowest BCUT2D eigenvalue weighted by Gasteiger charge is -2.08. The van der Waals surface area contributed by atoms with E-state index in [0.717, 1.165) is 4.47 Å². The minimum atomic E-state index is -0.160. The van der Waals surface area contributed by atoms with Crippen molar-refractivity contribution in [2.24, 2.45) is 0 Å². The molecule has 1 aromatic carbocycles. The van der Waals surface area contributed by atoms with Crippen molar-refractivity contribution < 1.29 is 4.79 Å². The largest absolute Gasteiger partial charge is 0.351 e. The molecule has 15 heavy (non-hydrogen) atoms. The number of benzene rings is 1. The Morgan fingerprint density at radius 3 is 2.87 bits per heavy atom. The van der Waals surface area contributed by atoms with Crippen molar-refractivity contribution >= 4 is 49.4 Å². The van der Waals surface area contributed by atoms with E-state index in [1.165, 1.54) is 0 Å². The second kappa shape index (κ2) is 5.87. The molecule has 0 aliphatic carbocycles. The Hall–Kier alpha value is -0.0600. The average molecular weight is 355 g/mol. The van der Waals surface area contributed by atoms with Crippen molar-refractivity contribution in [3.8, 4) is 0 Å². The number of alkyl halides is 1. The molecule has 1 atom stereocenters. The Kier molecular flexibility index (Phi) is 5.09. The highest BCUT2D eigenvalue weighted by Gasteiger charge is 2.12. The fourth-order valence-electron chi connectivity index (χ4n) is 1.01. The van der Waals surface area contributed by atoms with Gasteiger partial charge in [-0.2, -0.15) is 0 Å². The van der Waals surface area contributed by atoms with Crippen LogP contribution in [-0.4, -0.2) is 17.3 Å². The molecule has 1 aromatic rings. The summed E-state index contributed by atoms with van der Waals surface area (Å²) in [5.41, 5.74) is 0.485. The van der Waals surface area contributed by atoms with Gasteiger partial charge in [0.1, 0.15) is 0 Å². The van der Waals surface area contributed by atoms with Crippen LogP contribution >= 0.6 is 43.5 Å². The van der Waals surface area contributed by atoms with Gasteiger partial charge in [-0.3, -0.25) is 4.79 Å². The molecule has 0 radical (unpaired) electrons. The van der Waals surface area contributed by atoms with E-state index >= 15 is 0 Å². The molecule has 1 N–H and O–H groups in total. The van der Waals surface area contributed by atoms with Gasteiger partial charge in [-0.1, -0.05) is 40.5 Å². The molecule has 82 valence electrons. The highest BCUT2D eigenvalue weighted by molar-refractivity contribution is 9.10. The number of carbonyl (C=O) groups is 1. The number of rotatable bonds is 3. The summed E-state index contributed by atoms with van der Waals surface area (Å²) >= 11 is 12.6. The molecular formula is C10H10Br2ClNO. The molecule has 2 nitrogen and oxygen atoms in total. The van der Waals surface area contributed by atoms with Crippen molar-refractivity contribution in [3.05, 3.63) is 33.3 Å². The van der Waals surface area contributed by atoms with Crippen molar-refractivity contribution in [2.75, 3.05) is 6.54 Å². The standard InChI is InChI=1S/C10H10Br2ClNO/c1-6(11)5-14-10(15)7-3-2-4-8(12)9(7)13/h2-4,6H,5H2,1H3,(H,14,15). The van der Waals surface area contributed by atoms with E-state index in [0.29, 0.717) is 17.1 Å². The molecule has 1 amide bonds. The summed E-state index contributed by atoms with van der Waals surface area (Å²) in [4.78, 5) is 11.9. The Bertz CT molecular complexity index is 368. The molecule has 0 saturated heterocycles. The van der Waals surface area contributed by atoms with E-state index in [1.807, 2.05) is 6.92 Å². The minimum absolute atomic E-state index is 0.160. The predicted molar refractivity (Wildman–Crippen MR) is 69.9 cm³/mol. The number of amides is 1. The zero-order valence-corrected chi connectivity index (χ0v) is 12.0. The molecule has 1 rings (SSSR count). The van der Waals surface area contributed by atoms with Crippen LogP contribution < -0.4 is 5.32 Å². The topological polar surface area (TPSA) is 29.1 Å². The van der Waals surface area contributed by atoms with Gasteiger partial charge in [0.25, 0.3) is 5.91 Å². The fraction of sp³-hybridized carbons (Fsp3) is 0.300. The van der Waals surface area contributed by atoms with Crippen LogP contribution in [0.5, 0.6) is 0 Å². The first-order valence-electron chi connectivity index (χ1n) is 4.38. The SMILES string of the molecule is CC(Br)CNC(=O)c1cccc(Br)c1Cl. The van der Waals surface area contributed by atoms with Crippen molar-refractivity contribution in [2.45, 2.75) is 11.8 Å². The van der Waals surface area contributed by atoms with Crippen LogP contribution in [0.25, 0.3) is 0 Å². The van der Waals surface area contributed by atoms with Crippen LogP contribution in [0.1, 0.15) is 17.3 Å². The maximum atomic E-state index is 11.7. The maximum Gasteiger partial charge on any atom is 0.252 e. The Labute approximate surface area is 111 Å². The number of halogens is 3. The Morgan fingerprint density at radius 1 is 1.60 bits per heavy atom. The van der Waals surface area contributed by atoms with Crippen LogP contribution in [0.3, 0.4) is 0 Å². The van der Waals surface area contributed by atoms with Gasteiger partial charge < -0.3 is 5.32 Å². The smallest absolute Gasteiger partial charge is 0.252 e. The van der Waals surface area contributed by atoms with Crippen molar-refractivity contribution in [1.82, 2.24) is 5.32 Å². The van der Waals surface area contributed by atoms with Gasteiger partial charge in [0.15, 0.2) is 0 Å². The summed E-state index contributed by atoms with van der Waals surface area (Å²) in [6, 6.07) is 5.27. The summed E-state index contributed by atoms with van der Waals surface area (Å²) in [6.45, 7) is 2.53. The van der Waals surface area contributed by atoms with Gasteiger partial charge in [-0.25, -0.2) is 0 Å². The van der Waals surface area contributed by atoms with Gasteiger partial charge in [0.05, 0.1) is 10.6 Å². The molecule has 0 aliphatic heterocycles. The second-order valence-corrected chi connectivity index (χ2v) is 5.89. The van der Waals surface area contributed by atoms with Crippen LogP contribution in [-0.2, 0) is 0 Å². The second-order valence-electron chi connectivity index (χ2n) is 3.09. The third kappa shape index (κ3) is 3.78.